The fourth-order valence-corrected chi connectivity index (χ4v) is 3.65. The van der Waals surface area contributed by atoms with E-state index in [-0.39, 0.29) is 17.9 Å². The van der Waals surface area contributed by atoms with Crippen molar-refractivity contribution in [3.63, 3.8) is 0 Å². The molecule has 1 heterocycles. The molecule has 0 aliphatic carbocycles. The number of alkyl halides is 3. The minimum Gasteiger partial charge on any atom is -0.444 e. The summed E-state index contributed by atoms with van der Waals surface area (Å²) >= 11 is 0. The third-order valence-corrected chi connectivity index (χ3v) is 5.47. The molecule has 1 atom stereocenters. The van der Waals surface area contributed by atoms with Crippen LogP contribution in [0.1, 0.15) is 45.2 Å². The second-order valence-electron chi connectivity index (χ2n) is 9.67. The fourth-order valence-electron chi connectivity index (χ4n) is 3.65. The van der Waals surface area contributed by atoms with E-state index in [2.05, 4.69) is 15.6 Å². The van der Waals surface area contributed by atoms with Crippen LogP contribution in [-0.2, 0) is 21.2 Å². The van der Waals surface area contributed by atoms with Crippen LogP contribution in [0, 0.1) is 11.6 Å². The van der Waals surface area contributed by atoms with Gasteiger partial charge in [-0.05, 0) is 57.5 Å². The van der Waals surface area contributed by atoms with Crippen LogP contribution in [0.2, 0.25) is 0 Å². The molecule has 8 nitrogen and oxygen atoms in total. The first-order chi connectivity index (χ1) is 16.9. The molecular formula is C24H26F5N5O3. The first kappa shape index (κ1) is 27.7. The lowest BCUT2D eigenvalue weighted by Gasteiger charge is -2.35. The van der Waals surface area contributed by atoms with Gasteiger partial charge in [0.15, 0.2) is 0 Å². The number of guanidine groups is 1. The quantitative estimate of drug-likeness (QED) is 0.372. The maximum atomic E-state index is 14.7. The molecule has 0 bridgehead atoms. The van der Waals surface area contributed by atoms with Crippen molar-refractivity contribution in [3.8, 4) is 0 Å². The number of ether oxygens (including phenoxy) is 1. The van der Waals surface area contributed by atoms with Crippen LogP contribution in [0.15, 0.2) is 35.3 Å². The summed E-state index contributed by atoms with van der Waals surface area (Å²) in [7, 11) is 1.39. The van der Waals surface area contributed by atoms with Crippen LogP contribution in [-0.4, -0.2) is 35.5 Å². The van der Waals surface area contributed by atoms with E-state index in [0.717, 1.165) is 23.1 Å². The first-order valence-electron chi connectivity index (χ1n) is 11.0. The van der Waals surface area contributed by atoms with Gasteiger partial charge in [-0.25, -0.2) is 18.6 Å². The summed E-state index contributed by atoms with van der Waals surface area (Å²) < 4.78 is 74.5. The Hall–Kier alpha value is -3.90. The molecule has 200 valence electrons. The molecule has 0 spiro atoms. The van der Waals surface area contributed by atoms with Gasteiger partial charge < -0.3 is 15.8 Å². The van der Waals surface area contributed by atoms with E-state index in [1.807, 2.05) is 0 Å². The lowest BCUT2D eigenvalue weighted by atomic mass is 9.87. The van der Waals surface area contributed by atoms with Crippen molar-refractivity contribution in [2.75, 3.05) is 18.1 Å². The van der Waals surface area contributed by atoms with Gasteiger partial charge in [-0.3, -0.25) is 15.0 Å². The summed E-state index contributed by atoms with van der Waals surface area (Å²) in [6, 6.07) is 4.89. The summed E-state index contributed by atoms with van der Waals surface area (Å²) in [6.07, 6.45) is -6.18. The van der Waals surface area contributed by atoms with Gasteiger partial charge in [0.25, 0.3) is 0 Å². The SMILES string of the molecule is CN1C(=O)C[C@@](C)(c2ccc(F)c(Nc3c(N)ccc(F)c3C(F)(F)F)c2)N=C1NC(=O)OC(C)(C)C. The van der Waals surface area contributed by atoms with Crippen LogP contribution in [0.4, 0.5) is 43.8 Å². The maximum Gasteiger partial charge on any atom is 0.421 e. The Balaban J connectivity index is 2.04. The molecule has 4 N–H and O–H groups in total. The van der Waals surface area contributed by atoms with Gasteiger partial charge in [0.1, 0.15) is 22.8 Å². The molecule has 1 aliphatic rings. The molecule has 2 amide bonds. The molecule has 3 rings (SSSR count). The van der Waals surface area contributed by atoms with E-state index in [1.165, 1.54) is 20.0 Å². The van der Waals surface area contributed by atoms with Gasteiger partial charge >= 0.3 is 12.3 Å². The maximum absolute atomic E-state index is 14.7. The number of anilines is 3. The number of benzene rings is 2. The highest BCUT2D eigenvalue weighted by molar-refractivity contribution is 6.05. The Kier molecular flexibility index (Phi) is 7.12. The van der Waals surface area contributed by atoms with Crippen LogP contribution < -0.4 is 16.4 Å². The number of hydrogen-bond acceptors (Lipinski definition) is 6. The van der Waals surface area contributed by atoms with E-state index in [1.54, 1.807) is 20.8 Å². The Morgan fingerprint density at radius 2 is 1.76 bits per heavy atom. The average Bonchev–Trinajstić information content (AvgIpc) is 2.73. The monoisotopic (exact) mass is 527 g/mol. The summed E-state index contributed by atoms with van der Waals surface area (Å²) in [5, 5.41) is 4.65. The number of aliphatic imine (C=N–C) groups is 1. The molecule has 2 aromatic rings. The number of hydrogen-bond donors (Lipinski definition) is 3. The van der Waals surface area contributed by atoms with Crippen molar-refractivity contribution < 1.29 is 36.3 Å². The molecule has 0 saturated heterocycles. The standard InChI is InChI=1S/C24H26F5N5O3/c1-22(2,3)37-21(36)32-20-33-23(4,11-17(35)34(20)5)12-6-7-13(25)16(10-12)31-19-15(30)9-8-14(26)18(19)24(27,28)29/h6-10,31H,11,30H2,1-5H3,(H,32,33,36)/t23-/m0/s1. The summed E-state index contributed by atoms with van der Waals surface area (Å²) in [5.41, 5.74) is 0.264. The highest BCUT2D eigenvalue weighted by Gasteiger charge is 2.40. The number of carbonyl (C=O) groups excluding carboxylic acids is 2. The molecule has 37 heavy (non-hydrogen) atoms. The van der Waals surface area contributed by atoms with Gasteiger partial charge in [0, 0.05) is 7.05 Å². The van der Waals surface area contributed by atoms with Crippen molar-refractivity contribution in [3.05, 3.63) is 53.1 Å². The Morgan fingerprint density at radius 1 is 1.14 bits per heavy atom. The lowest BCUT2D eigenvalue weighted by molar-refractivity contribution is -0.139. The van der Waals surface area contributed by atoms with Gasteiger partial charge in [0.05, 0.1) is 29.0 Å². The zero-order valence-corrected chi connectivity index (χ0v) is 20.7. The van der Waals surface area contributed by atoms with E-state index >= 15 is 0 Å². The lowest BCUT2D eigenvalue weighted by Crippen LogP contribution is -2.52. The number of nitrogens with one attached hydrogen (secondary N) is 2. The predicted molar refractivity (Wildman–Crippen MR) is 127 cm³/mol. The number of nitrogens with zero attached hydrogens (tertiary/aromatic N) is 2. The minimum atomic E-state index is -5.12. The van der Waals surface area contributed by atoms with Crippen LogP contribution >= 0.6 is 0 Å². The van der Waals surface area contributed by atoms with Crippen molar-refractivity contribution in [2.24, 2.45) is 4.99 Å². The van der Waals surface area contributed by atoms with Crippen molar-refractivity contribution in [1.82, 2.24) is 10.2 Å². The summed E-state index contributed by atoms with van der Waals surface area (Å²) in [4.78, 5) is 30.5. The van der Waals surface area contributed by atoms with Crippen LogP contribution in [0.5, 0.6) is 0 Å². The molecule has 0 unspecified atom stereocenters. The Labute approximate surface area is 209 Å². The fraction of sp³-hybridized carbons (Fsp3) is 0.375. The number of rotatable bonds is 3. The second kappa shape index (κ2) is 9.52. The predicted octanol–water partition coefficient (Wildman–Crippen LogP) is 5.27. The number of alkyl carbamates (subject to hydrolysis) is 1. The number of amides is 2. The largest absolute Gasteiger partial charge is 0.444 e. The summed E-state index contributed by atoms with van der Waals surface area (Å²) in [5.74, 6) is -3.13. The minimum absolute atomic E-state index is 0.138. The van der Waals surface area contributed by atoms with Gasteiger partial charge in [-0.1, -0.05) is 6.07 Å². The topological polar surface area (TPSA) is 109 Å². The normalized spacial score (nSPS) is 18.4. The summed E-state index contributed by atoms with van der Waals surface area (Å²) in [6.45, 7) is 6.48. The molecule has 2 aromatic carbocycles. The van der Waals surface area contributed by atoms with E-state index in [0.29, 0.717) is 6.07 Å². The average molecular weight is 527 g/mol. The Bertz CT molecular complexity index is 1270. The zero-order chi connectivity index (χ0) is 27.9. The van der Waals surface area contributed by atoms with Gasteiger partial charge in [-0.2, -0.15) is 13.2 Å². The third kappa shape index (κ3) is 6.09. The molecular weight excluding hydrogens is 501 g/mol. The highest BCUT2D eigenvalue weighted by atomic mass is 19.4. The van der Waals surface area contributed by atoms with E-state index in [9.17, 15) is 31.5 Å². The van der Waals surface area contributed by atoms with Crippen LogP contribution in [0.25, 0.3) is 0 Å². The third-order valence-electron chi connectivity index (χ3n) is 5.47. The number of nitrogen functional groups attached to an aromatic ring is 1. The molecule has 1 aliphatic heterocycles. The highest BCUT2D eigenvalue weighted by Crippen LogP contribution is 2.42. The molecule has 0 aromatic heterocycles. The van der Waals surface area contributed by atoms with Gasteiger partial charge in [-0.15, -0.1) is 0 Å². The number of carbonyl (C=O) groups is 2. The zero-order valence-electron chi connectivity index (χ0n) is 20.7. The van der Waals surface area contributed by atoms with Crippen molar-refractivity contribution >= 4 is 35.0 Å². The van der Waals surface area contributed by atoms with Gasteiger partial charge in [0.2, 0.25) is 11.9 Å². The van der Waals surface area contributed by atoms with Crippen molar-refractivity contribution in [1.29, 1.82) is 0 Å². The number of halogens is 5. The molecule has 13 heteroatoms. The molecule has 0 saturated carbocycles. The Morgan fingerprint density at radius 3 is 2.35 bits per heavy atom. The molecule has 0 radical (unpaired) electrons. The van der Waals surface area contributed by atoms with E-state index in [4.69, 9.17) is 10.5 Å². The smallest absolute Gasteiger partial charge is 0.421 e. The van der Waals surface area contributed by atoms with E-state index < -0.39 is 63.6 Å². The van der Waals surface area contributed by atoms with Crippen LogP contribution in [0.3, 0.4) is 0 Å². The molecule has 0 fully saturated rings. The first-order valence-corrected chi connectivity index (χ1v) is 11.0. The second-order valence-corrected chi connectivity index (χ2v) is 9.67. The number of nitrogens with two attached hydrogens (primary N) is 1. The van der Waals surface area contributed by atoms with Crippen molar-refractivity contribution in [2.45, 2.75) is 51.4 Å².